The summed E-state index contributed by atoms with van der Waals surface area (Å²) in [5, 5.41) is 2.52. The number of nitrogens with one attached hydrogen (secondary N) is 1. The maximum Gasteiger partial charge on any atom is 0.573 e. The molecule has 1 aromatic heterocycles. The summed E-state index contributed by atoms with van der Waals surface area (Å²) in [6.07, 6.45) is -8.53. The maximum absolute atomic E-state index is 12.9. The lowest BCUT2D eigenvalue weighted by molar-refractivity contribution is -0.275. The van der Waals surface area contributed by atoms with E-state index in [0.717, 1.165) is 24.4 Å². The SMILES string of the molecule is CNC(=O)C1CN(Cc2ccc(OCc3cc(C(F)(F)F)ccn3)cc2OC(F)(F)F)C1. The van der Waals surface area contributed by atoms with Gasteiger partial charge < -0.3 is 14.8 Å². The molecule has 1 saturated heterocycles. The Kier molecular flexibility index (Phi) is 6.82. The smallest absolute Gasteiger partial charge is 0.487 e. The van der Waals surface area contributed by atoms with Gasteiger partial charge in [0.1, 0.15) is 18.1 Å². The first-order chi connectivity index (χ1) is 14.9. The van der Waals surface area contributed by atoms with Crippen LogP contribution in [-0.4, -0.2) is 42.3 Å². The van der Waals surface area contributed by atoms with E-state index in [4.69, 9.17) is 4.74 Å². The van der Waals surface area contributed by atoms with E-state index < -0.39 is 23.9 Å². The average Bonchev–Trinajstić information content (AvgIpc) is 2.68. The van der Waals surface area contributed by atoms with Gasteiger partial charge in [-0.2, -0.15) is 13.2 Å². The van der Waals surface area contributed by atoms with Gasteiger partial charge in [0.2, 0.25) is 5.91 Å². The maximum atomic E-state index is 12.9. The van der Waals surface area contributed by atoms with Crippen LogP contribution in [0.4, 0.5) is 26.3 Å². The summed E-state index contributed by atoms with van der Waals surface area (Å²) in [6, 6.07) is 5.39. The lowest BCUT2D eigenvalue weighted by Crippen LogP contribution is -2.52. The molecule has 1 aliphatic rings. The molecular weight excluding hydrogens is 444 g/mol. The first-order valence-electron chi connectivity index (χ1n) is 9.42. The number of aromatic nitrogens is 1. The molecule has 6 nitrogen and oxygen atoms in total. The minimum atomic E-state index is -4.95. The van der Waals surface area contributed by atoms with Crippen LogP contribution in [0.2, 0.25) is 0 Å². The lowest BCUT2D eigenvalue weighted by atomic mass is 9.98. The largest absolute Gasteiger partial charge is 0.573 e. The number of hydrogen-bond acceptors (Lipinski definition) is 5. The number of amides is 1. The predicted molar refractivity (Wildman–Crippen MR) is 99.5 cm³/mol. The van der Waals surface area contributed by atoms with Crippen LogP contribution in [0.5, 0.6) is 11.5 Å². The van der Waals surface area contributed by atoms with Crippen LogP contribution in [0.1, 0.15) is 16.8 Å². The molecule has 0 aliphatic carbocycles. The third-order valence-electron chi connectivity index (χ3n) is 4.76. The minimum Gasteiger partial charge on any atom is -0.487 e. The number of halogens is 6. The molecule has 2 heterocycles. The van der Waals surface area contributed by atoms with Crippen LogP contribution in [0.25, 0.3) is 0 Å². The van der Waals surface area contributed by atoms with E-state index in [0.29, 0.717) is 13.1 Å². The fourth-order valence-corrected chi connectivity index (χ4v) is 3.18. The molecule has 174 valence electrons. The molecule has 12 heteroatoms. The number of pyridine rings is 1. The highest BCUT2D eigenvalue weighted by atomic mass is 19.4. The van der Waals surface area contributed by atoms with Gasteiger partial charge in [-0.15, -0.1) is 13.2 Å². The third-order valence-corrected chi connectivity index (χ3v) is 4.76. The molecule has 2 aromatic rings. The summed E-state index contributed by atoms with van der Waals surface area (Å²) in [7, 11) is 1.51. The predicted octanol–water partition coefficient (Wildman–Crippen LogP) is 3.76. The van der Waals surface area contributed by atoms with Crippen molar-refractivity contribution in [3.63, 3.8) is 0 Å². The zero-order valence-electron chi connectivity index (χ0n) is 16.8. The van der Waals surface area contributed by atoms with Crippen molar-refractivity contribution in [2.75, 3.05) is 20.1 Å². The van der Waals surface area contributed by atoms with E-state index in [2.05, 4.69) is 15.0 Å². The van der Waals surface area contributed by atoms with Crippen LogP contribution >= 0.6 is 0 Å². The fourth-order valence-electron chi connectivity index (χ4n) is 3.18. The Labute approximate surface area is 179 Å². The van der Waals surface area contributed by atoms with Crippen LogP contribution in [0.3, 0.4) is 0 Å². The molecule has 0 spiro atoms. The molecule has 0 unspecified atom stereocenters. The third kappa shape index (κ3) is 6.25. The van der Waals surface area contributed by atoms with Crippen LogP contribution in [0.15, 0.2) is 36.5 Å². The van der Waals surface area contributed by atoms with Gasteiger partial charge in [-0.3, -0.25) is 14.7 Å². The Bertz CT molecular complexity index is 958. The summed E-state index contributed by atoms with van der Waals surface area (Å²) in [5.74, 6) is -0.885. The molecule has 1 fully saturated rings. The Morgan fingerprint density at radius 2 is 1.88 bits per heavy atom. The molecule has 0 bridgehead atoms. The van der Waals surface area contributed by atoms with Crippen LogP contribution < -0.4 is 14.8 Å². The topological polar surface area (TPSA) is 63.7 Å². The summed E-state index contributed by atoms with van der Waals surface area (Å²) in [5.41, 5.74) is -0.725. The molecule has 0 atom stereocenters. The average molecular weight is 463 g/mol. The van der Waals surface area contributed by atoms with Crippen LogP contribution in [-0.2, 0) is 24.1 Å². The van der Waals surface area contributed by atoms with Crippen molar-refractivity contribution in [3.05, 3.63) is 53.3 Å². The van der Waals surface area contributed by atoms with Gasteiger partial charge in [0.25, 0.3) is 0 Å². The fraction of sp³-hybridized carbons (Fsp3) is 0.400. The molecule has 0 saturated carbocycles. The molecule has 32 heavy (non-hydrogen) atoms. The van der Waals surface area contributed by atoms with E-state index in [9.17, 15) is 31.1 Å². The highest BCUT2D eigenvalue weighted by Crippen LogP contribution is 2.33. The van der Waals surface area contributed by atoms with E-state index in [1.54, 1.807) is 4.90 Å². The lowest BCUT2D eigenvalue weighted by Gasteiger charge is -2.38. The Morgan fingerprint density at radius 3 is 2.50 bits per heavy atom. The second kappa shape index (κ2) is 9.23. The highest BCUT2D eigenvalue weighted by molar-refractivity contribution is 5.79. The zero-order valence-corrected chi connectivity index (χ0v) is 16.8. The second-order valence-electron chi connectivity index (χ2n) is 7.14. The van der Waals surface area contributed by atoms with Gasteiger partial charge in [0, 0.05) is 44.5 Å². The molecule has 0 radical (unpaired) electrons. The van der Waals surface area contributed by atoms with Crippen molar-refractivity contribution in [2.45, 2.75) is 25.7 Å². The van der Waals surface area contributed by atoms with E-state index in [1.807, 2.05) is 0 Å². The normalized spacial score (nSPS) is 15.2. The van der Waals surface area contributed by atoms with Crippen molar-refractivity contribution in [1.82, 2.24) is 15.2 Å². The number of nitrogens with zero attached hydrogens (tertiary/aromatic N) is 2. The molecule has 1 aliphatic heterocycles. The van der Waals surface area contributed by atoms with E-state index in [-0.39, 0.29) is 42.0 Å². The number of hydrogen-bond donors (Lipinski definition) is 1. The van der Waals surface area contributed by atoms with Crippen molar-refractivity contribution in [3.8, 4) is 11.5 Å². The number of rotatable bonds is 7. The summed E-state index contributed by atoms with van der Waals surface area (Å²) in [4.78, 5) is 17.1. The second-order valence-corrected chi connectivity index (χ2v) is 7.14. The Balaban J connectivity index is 1.70. The number of benzene rings is 1. The quantitative estimate of drug-likeness (QED) is 0.634. The van der Waals surface area contributed by atoms with Gasteiger partial charge in [0.15, 0.2) is 0 Å². The van der Waals surface area contributed by atoms with Gasteiger partial charge in [-0.05, 0) is 18.2 Å². The minimum absolute atomic E-state index is 0.0286. The number of likely N-dealkylation sites (tertiary alicyclic amines) is 1. The van der Waals surface area contributed by atoms with Crippen LogP contribution in [0, 0.1) is 5.92 Å². The summed E-state index contributed by atoms with van der Waals surface area (Å²) >= 11 is 0. The molecule has 1 aromatic carbocycles. The molecule has 1 amide bonds. The first-order valence-corrected chi connectivity index (χ1v) is 9.42. The Hall–Kier alpha value is -3.02. The Morgan fingerprint density at radius 1 is 1.16 bits per heavy atom. The monoisotopic (exact) mass is 463 g/mol. The first kappa shape index (κ1) is 23.6. The number of ether oxygens (including phenoxy) is 2. The number of carbonyl (C=O) groups is 1. The van der Waals surface area contributed by atoms with E-state index in [1.165, 1.54) is 19.2 Å². The molecule has 3 rings (SSSR count). The highest BCUT2D eigenvalue weighted by Gasteiger charge is 2.35. The van der Waals surface area contributed by atoms with Gasteiger partial charge in [0.05, 0.1) is 17.2 Å². The van der Waals surface area contributed by atoms with Crippen molar-refractivity contribution >= 4 is 5.91 Å². The summed E-state index contributed by atoms with van der Waals surface area (Å²) < 4.78 is 86.4. The van der Waals surface area contributed by atoms with Gasteiger partial charge >= 0.3 is 12.5 Å². The van der Waals surface area contributed by atoms with Gasteiger partial charge in [-0.25, -0.2) is 0 Å². The molecule has 1 N–H and O–H groups in total. The van der Waals surface area contributed by atoms with E-state index >= 15 is 0 Å². The van der Waals surface area contributed by atoms with Crippen molar-refractivity contribution < 1.29 is 40.6 Å². The number of carbonyl (C=O) groups excluding carboxylic acids is 1. The summed E-state index contributed by atoms with van der Waals surface area (Å²) in [6.45, 7) is 0.526. The van der Waals surface area contributed by atoms with Gasteiger partial charge in [-0.1, -0.05) is 6.07 Å². The standard InChI is InChI=1S/C20H19F6N3O3/c1-27-18(30)13-9-29(10-13)8-12-2-3-16(7-17(12)32-20(24,25)26)31-11-15-6-14(4-5-28-15)19(21,22)23/h2-7,13H,8-11H2,1H3,(H,27,30). The zero-order chi connectivity index (χ0) is 23.5. The number of alkyl halides is 6. The van der Waals surface area contributed by atoms with Crippen molar-refractivity contribution in [2.24, 2.45) is 5.92 Å². The van der Waals surface area contributed by atoms with Crippen molar-refractivity contribution in [1.29, 1.82) is 0 Å². The molecular formula is C20H19F6N3O3.